The summed E-state index contributed by atoms with van der Waals surface area (Å²) in [5.41, 5.74) is 0. The van der Waals surface area contributed by atoms with E-state index >= 15 is 0 Å². The number of fused-ring (bicyclic) bond motifs is 2. The second kappa shape index (κ2) is 6.60. The van der Waals surface area contributed by atoms with Gasteiger partial charge in [-0.2, -0.15) is 0 Å². The second-order valence-corrected chi connectivity index (χ2v) is 6.76. The maximum Gasteiger partial charge on any atom is 0.293 e. The van der Waals surface area contributed by atoms with Gasteiger partial charge in [0.15, 0.2) is 6.29 Å². The molecule has 1 saturated carbocycles. The predicted molar refractivity (Wildman–Crippen MR) is 76.2 cm³/mol. The van der Waals surface area contributed by atoms with Crippen LogP contribution in [0, 0.1) is 17.8 Å². The fourth-order valence-electron chi connectivity index (χ4n) is 4.34. The van der Waals surface area contributed by atoms with Gasteiger partial charge in [-0.15, -0.1) is 0 Å². The van der Waals surface area contributed by atoms with E-state index in [9.17, 15) is 0 Å². The fraction of sp³-hybridized carbons (Fsp3) is 1.00. The molecule has 0 aromatic heterocycles. The maximum absolute atomic E-state index is 5.99. The third-order valence-corrected chi connectivity index (χ3v) is 5.18. The molecular weight excluding hydrogens is 239 g/mol. The van der Waals surface area contributed by atoms with Crippen molar-refractivity contribution in [1.29, 1.82) is 0 Å². The van der Waals surface area contributed by atoms with Gasteiger partial charge in [0, 0.05) is 13.7 Å². The van der Waals surface area contributed by atoms with E-state index in [0.717, 1.165) is 37.4 Å². The van der Waals surface area contributed by atoms with E-state index < -0.39 is 0 Å². The standard InChI is InChI=1S/C15H27BO3/c1-17-16-9-12-6-13(10-16)8-14(7-12)11-19-15-4-2-3-5-18-15/h12-15H,2-11H2,1H3. The van der Waals surface area contributed by atoms with Crippen molar-refractivity contribution in [3.05, 3.63) is 0 Å². The lowest BCUT2D eigenvalue weighted by atomic mass is 9.46. The van der Waals surface area contributed by atoms with Crippen LogP contribution in [0.1, 0.15) is 38.5 Å². The third kappa shape index (κ3) is 3.74. The quantitative estimate of drug-likeness (QED) is 0.731. The minimum Gasteiger partial charge on any atom is -0.438 e. The van der Waals surface area contributed by atoms with E-state index in [1.165, 1.54) is 44.7 Å². The van der Waals surface area contributed by atoms with E-state index in [4.69, 9.17) is 14.1 Å². The van der Waals surface area contributed by atoms with Gasteiger partial charge in [0.25, 0.3) is 6.92 Å². The van der Waals surface area contributed by atoms with Crippen molar-refractivity contribution in [3.8, 4) is 0 Å². The van der Waals surface area contributed by atoms with Crippen LogP contribution in [-0.2, 0) is 14.1 Å². The molecule has 108 valence electrons. The first kappa shape index (κ1) is 13.9. The molecule has 2 heterocycles. The topological polar surface area (TPSA) is 27.7 Å². The van der Waals surface area contributed by atoms with Gasteiger partial charge in [0.05, 0.1) is 6.61 Å². The lowest BCUT2D eigenvalue weighted by molar-refractivity contribution is -0.172. The summed E-state index contributed by atoms with van der Waals surface area (Å²) < 4.78 is 17.2. The summed E-state index contributed by atoms with van der Waals surface area (Å²) in [7, 11) is 1.87. The van der Waals surface area contributed by atoms with Crippen LogP contribution in [0.25, 0.3) is 0 Å². The maximum atomic E-state index is 5.99. The highest BCUT2D eigenvalue weighted by Crippen LogP contribution is 2.43. The largest absolute Gasteiger partial charge is 0.438 e. The van der Waals surface area contributed by atoms with Gasteiger partial charge in [-0.25, -0.2) is 0 Å². The summed E-state index contributed by atoms with van der Waals surface area (Å²) in [5, 5.41) is 0. The molecule has 0 radical (unpaired) electrons. The predicted octanol–water partition coefficient (Wildman–Crippen LogP) is 3.21. The summed E-state index contributed by atoms with van der Waals surface area (Å²) in [6.07, 6.45) is 10.3. The van der Waals surface area contributed by atoms with Crippen LogP contribution in [0.5, 0.6) is 0 Å². The molecule has 2 bridgehead atoms. The molecular formula is C15H27BO3. The first-order chi connectivity index (χ1) is 9.33. The molecule has 3 unspecified atom stereocenters. The Morgan fingerprint density at radius 2 is 1.89 bits per heavy atom. The van der Waals surface area contributed by atoms with Crippen molar-refractivity contribution in [2.75, 3.05) is 20.3 Å². The Morgan fingerprint density at radius 3 is 2.53 bits per heavy atom. The Morgan fingerprint density at radius 1 is 1.11 bits per heavy atom. The van der Waals surface area contributed by atoms with Gasteiger partial charge in [-0.05, 0) is 68.9 Å². The van der Waals surface area contributed by atoms with Gasteiger partial charge in [-0.3, -0.25) is 0 Å². The zero-order chi connectivity index (χ0) is 13.1. The molecule has 2 saturated heterocycles. The summed E-state index contributed by atoms with van der Waals surface area (Å²) in [4.78, 5) is 0. The second-order valence-electron chi connectivity index (χ2n) is 6.76. The molecule has 1 aliphatic carbocycles. The monoisotopic (exact) mass is 266 g/mol. The Bertz CT molecular complexity index is 267. The third-order valence-electron chi connectivity index (χ3n) is 5.18. The highest BCUT2D eigenvalue weighted by Gasteiger charge is 2.38. The van der Waals surface area contributed by atoms with Gasteiger partial charge in [0.2, 0.25) is 0 Å². The van der Waals surface area contributed by atoms with Crippen molar-refractivity contribution in [2.24, 2.45) is 17.8 Å². The molecule has 0 aromatic rings. The van der Waals surface area contributed by atoms with Crippen LogP contribution in [0.4, 0.5) is 0 Å². The molecule has 0 spiro atoms. The number of hydrogen-bond acceptors (Lipinski definition) is 3. The highest BCUT2D eigenvalue weighted by atomic mass is 16.7. The molecule has 0 amide bonds. The van der Waals surface area contributed by atoms with Gasteiger partial charge in [-0.1, -0.05) is 0 Å². The lowest BCUT2D eigenvalue weighted by Gasteiger charge is -2.41. The van der Waals surface area contributed by atoms with E-state index in [1.54, 1.807) is 0 Å². The molecule has 3 fully saturated rings. The zero-order valence-corrected chi connectivity index (χ0v) is 12.2. The smallest absolute Gasteiger partial charge is 0.293 e. The van der Waals surface area contributed by atoms with E-state index in [1.807, 2.05) is 7.11 Å². The first-order valence-electron chi connectivity index (χ1n) is 8.09. The minimum absolute atomic E-state index is 0.0854. The molecule has 0 N–H and O–H groups in total. The van der Waals surface area contributed by atoms with E-state index in [2.05, 4.69) is 0 Å². The fourth-order valence-corrected chi connectivity index (χ4v) is 4.34. The van der Waals surface area contributed by atoms with Crippen molar-refractivity contribution in [3.63, 3.8) is 0 Å². The van der Waals surface area contributed by atoms with Gasteiger partial charge >= 0.3 is 0 Å². The Hall–Kier alpha value is -0.0551. The van der Waals surface area contributed by atoms with Crippen LogP contribution in [0.2, 0.25) is 12.6 Å². The van der Waals surface area contributed by atoms with Crippen molar-refractivity contribution >= 4 is 6.92 Å². The average Bonchev–Trinajstić information content (AvgIpc) is 2.45. The van der Waals surface area contributed by atoms with E-state index in [-0.39, 0.29) is 6.29 Å². The molecule has 3 rings (SSSR count). The van der Waals surface area contributed by atoms with Crippen molar-refractivity contribution < 1.29 is 14.1 Å². The molecule has 19 heavy (non-hydrogen) atoms. The molecule has 3 atom stereocenters. The SMILES string of the molecule is COB1CC2CC(COC3CCCCO3)CC(C1)C2. The zero-order valence-electron chi connectivity index (χ0n) is 12.2. The molecule has 3 aliphatic rings. The molecule has 3 nitrogen and oxygen atoms in total. The summed E-state index contributed by atoms with van der Waals surface area (Å²) >= 11 is 0. The van der Waals surface area contributed by atoms with Crippen LogP contribution in [-0.4, -0.2) is 33.5 Å². The normalized spacial score (nSPS) is 39.3. The Labute approximate surface area is 117 Å². The molecule has 0 aromatic carbocycles. The van der Waals surface area contributed by atoms with Crippen LogP contribution in [0.3, 0.4) is 0 Å². The summed E-state index contributed by atoms with van der Waals surface area (Å²) in [6.45, 7) is 2.32. The summed E-state index contributed by atoms with van der Waals surface area (Å²) in [6, 6.07) is 0. The number of ether oxygens (including phenoxy) is 2. The van der Waals surface area contributed by atoms with Crippen molar-refractivity contribution in [2.45, 2.75) is 57.5 Å². The van der Waals surface area contributed by atoms with Crippen LogP contribution in [0.15, 0.2) is 0 Å². The van der Waals surface area contributed by atoms with E-state index in [0.29, 0.717) is 6.92 Å². The van der Waals surface area contributed by atoms with Gasteiger partial charge < -0.3 is 14.1 Å². The lowest BCUT2D eigenvalue weighted by Crippen LogP contribution is -2.37. The minimum atomic E-state index is 0.0854. The van der Waals surface area contributed by atoms with Gasteiger partial charge in [0.1, 0.15) is 0 Å². The van der Waals surface area contributed by atoms with Crippen LogP contribution < -0.4 is 0 Å². The van der Waals surface area contributed by atoms with Crippen molar-refractivity contribution in [1.82, 2.24) is 0 Å². The Kier molecular flexibility index (Phi) is 4.83. The first-order valence-corrected chi connectivity index (χ1v) is 8.09. The Balaban J connectivity index is 1.43. The summed E-state index contributed by atoms with van der Waals surface area (Å²) in [5.74, 6) is 2.50. The molecule has 2 aliphatic heterocycles. The number of hydrogen-bond donors (Lipinski definition) is 0. The van der Waals surface area contributed by atoms with Crippen LogP contribution >= 0.6 is 0 Å². The highest BCUT2D eigenvalue weighted by molar-refractivity contribution is 6.52. The molecule has 4 heteroatoms. The number of rotatable bonds is 4. The average molecular weight is 266 g/mol.